The third-order valence-electron chi connectivity index (χ3n) is 10.6. The van der Waals surface area contributed by atoms with Crippen molar-refractivity contribution in [3.8, 4) is 11.1 Å². The number of aromatic nitrogens is 3. The molecular formula is C41H59N7O5. The van der Waals surface area contributed by atoms with Crippen molar-refractivity contribution in [3.05, 3.63) is 52.3 Å². The van der Waals surface area contributed by atoms with Crippen LogP contribution >= 0.6 is 0 Å². The van der Waals surface area contributed by atoms with Crippen LogP contribution in [0.5, 0.6) is 0 Å². The van der Waals surface area contributed by atoms with Gasteiger partial charge < -0.3 is 39.3 Å². The summed E-state index contributed by atoms with van der Waals surface area (Å²) in [6.45, 7) is 23.3. The Morgan fingerprint density at radius 2 is 1.36 bits per heavy atom. The number of carbonyl (C=O) groups is 1. The van der Waals surface area contributed by atoms with Crippen molar-refractivity contribution in [2.24, 2.45) is 5.41 Å². The van der Waals surface area contributed by atoms with Gasteiger partial charge in [0.25, 0.3) is 0 Å². The van der Waals surface area contributed by atoms with Crippen molar-refractivity contribution in [2.45, 2.75) is 86.3 Å². The van der Waals surface area contributed by atoms with Gasteiger partial charge in [-0.15, -0.1) is 0 Å². The molecule has 4 aliphatic heterocycles. The van der Waals surface area contributed by atoms with E-state index in [0.29, 0.717) is 26.4 Å². The Hall–Kier alpha value is -4.00. The molecule has 12 nitrogen and oxygen atoms in total. The van der Waals surface area contributed by atoms with Crippen molar-refractivity contribution >= 4 is 29.2 Å². The van der Waals surface area contributed by atoms with E-state index in [1.54, 1.807) is 20.8 Å². The number of pyridine rings is 1. The van der Waals surface area contributed by atoms with E-state index in [4.69, 9.17) is 29.5 Å². The fourth-order valence-corrected chi connectivity index (χ4v) is 7.60. The lowest BCUT2D eigenvalue weighted by Gasteiger charge is -2.40. The molecule has 1 aromatic carbocycles. The molecule has 3 fully saturated rings. The van der Waals surface area contributed by atoms with Gasteiger partial charge in [-0.3, -0.25) is 9.78 Å². The lowest BCUT2D eigenvalue weighted by atomic mass is 9.82. The number of aliphatic carboxylic acids is 1. The number of carboxylic acid groups (broad SMARTS) is 1. The molecule has 0 atom stereocenters. The second-order valence-electron chi connectivity index (χ2n) is 16.6. The molecule has 3 saturated heterocycles. The van der Waals surface area contributed by atoms with Crippen molar-refractivity contribution in [2.75, 3.05) is 91.8 Å². The second kappa shape index (κ2) is 16.2. The van der Waals surface area contributed by atoms with E-state index in [1.807, 2.05) is 6.92 Å². The van der Waals surface area contributed by atoms with E-state index in [-0.39, 0.29) is 11.8 Å². The molecule has 0 aliphatic carbocycles. The Bertz CT molecular complexity index is 1710. The topological polar surface area (TPSA) is 128 Å². The molecule has 0 amide bonds. The minimum Gasteiger partial charge on any atom is -0.481 e. The van der Waals surface area contributed by atoms with Gasteiger partial charge in [-0.1, -0.05) is 32.0 Å². The summed E-state index contributed by atoms with van der Waals surface area (Å²) < 4.78 is 11.2. The van der Waals surface area contributed by atoms with Crippen molar-refractivity contribution < 1.29 is 24.5 Å². The highest BCUT2D eigenvalue weighted by atomic mass is 16.5. The van der Waals surface area contributed by atoms with Gasteiger partial charge in [0, 0.05) is 80.9 Å². The number of morpholine rings is 2. The van der Waals surface area contributed by atoms with E-state index < -0.39 is 11.6 Å². The van der Waals surface area contributed by atoms with Crippen molar-refractivity contribution in [1.82, 2.24) is 15.0 Å². The van der Waals surface area contributed by atoms with Crippen LogP contribution in [-0.2, 0) is 33.7 Å². The lowest BCUT2D eigenvalue weighted by Crippen LogP contribution is -2.40. The molecule has 12 heteroatoms. The number of benzene rings is 1. The van der Waals surface area contributed by atoms with Gasteiger partial charge in [0.15, 0.2) is 0 Å². The number of aliphatic hydroxyl groups is 1. The number of hydrogen-bond donors (Lipinski definition) is 2. The van der Waals surface area contributed by atoms with Crippen LogP contribution in [0.3, 0.4) is 0 Å². The van der Waals surface area contributed by atoms with Crippen LogP contribution in [-0.4, -0.2) is 109 Å². The van der Waals surface area contributed by atoms with Gasteiger partial charge in [-0.25, -0.2) is 0 Å². The van der Waals surface area contributed by atoms with E-state index in [1.165, 1.54) is 11.1 Å². The number of carboxylic acids is 1. The van der Waals surface area contributed by atoms with Crippen LogP contribution in [0.4, 0.5) is 23.3 Å². The summed E-state index contributed by atoms with van der Waals surface area (Å²) in [5, 5.41) is 18.4. The van der Waals surface area contributed by atoms with Crippen molar-refractivity contribution in [3.63, 3.8) is 0 Å². The molecule has 2 N–H and O–H groups in total. The lowest BCUT2D eigenvalue weighted by molar-refractivity contribution is -0.136. The number of anilines is 4. The zero-order valence-corrected chi connectivity index (χ0v) is 32.9. The number of rotatable bonds is 7. The summed E-state index contributed by atoms with van der Waals surface area (Å²) in [7, 11) is 0. The number of hydrogen-bond acceptors (Lipinski definition) is 11. The Morgan fingerprint density at radius 3 is 1.96 bits per heavy atom. The first-order valence-corrected chi connectivity index (χ1v) is 19.3. The Morgan fingerprint density at radius 1 is 0.774 bits per heavy atom. The second-order valence-corrected chi connectivity index (χ2v) is 16.6. The highest BCUT2D eigenvalue weighted by molar-refractivity contribution is 5.86. The maximum Gasteiger partial charge on any atom is 0.307 e. The normalized spacial score (nSPS) is 19.0. The van der Waals surface area contributed by atoms with Crippen molar-refractivity contribution in [1.29, 1.82) is 0 Å². The van der Waals surface area contributed by atoms with E-state index in [0.717, 1.165) is 123 Å². The molecule has 3 aromatic rings. The largest absolute Gasteiger partial charge is 0.481 e. The summed E-state index contributed by atoms with van der Waals surface area (Å²) in [6, 6.07) is 8.93. The van der Waals surface area contributed by atoms with Crippen LogP contribution < -0.4 is 19.6 Å². The molecule has 4 aliphatic rings. The standard InChI is InChI=1S/C37H49N7O4.C4H10O/c1-25-30(22-33(45)46)35(42-11-8-37(3,4)9-12-42)34(26(2)38-25)28-5-6-29-24-44(10-7-27(29)21-28)32-23-31(41-13-17-47-18-14-41)39-36(40-32)43-15-19-48-20-16-43;1-4(2,3)5/h5-6,21,23H,7-20,22,24H2,1-4H3,(H,45,46);5H,1-3H3. The fourth-order valence-electron chi connectivity index (χ4n) is 7.60. The minimum absolute atomic E-state index is 0.0287. The maximum absolute atomic E-state index is 12.1. The van der Waals surface area contributed by atoms with E-state index >= 15 is 0 Å². The van der Waals surface area contributed by atoms with Gasteiger partial charge in [0.05, 0.1) is 44.1 Å². The van der Waals surface area contributed by atoms with Crippen LogP contribution in [0.25, 0.3) is 11.1 Å². The van der Waals surface area contributed by atoms with Gasteiger partial charge >= 0.3 is 5.97 Å². The maximum atomic E-state index is 12.1. The first-order chi connectivity index (χ1) is 25.1. The first-order valence-electron chi connectivity index (χ1n) is 19.3. The first kappa shape index (κ1) is 38.7. The zero-order chi connectivity index (χ0) is 37.9. The highest BCUT2D eigenvalue weighted by Gasteiger charge is 2.31. The van der Waals surface area contributed by atoms with Gasteiger partial charge in [-0.2, -0.15) is 9.97 Å². The SMILES string of the molecule is CC(C)(C)O.Cc1nc(C)c(-c2ccc3c(c2)CCN(c2cc(N4CCOCC4)nc(N4CCOCC4)n2)C3)c(N2CCC(C)(C)CC2)c1CC(=O)O. The Labute approximate surface area is 315 Å². The zero-order valence-electron chi connectivity index (χ0n) is 32.9. The number of piperidine rings is 1. The van der Waals surface area contributed by atoms with E-state index in [9.17, 15) is 9.90 Å². The number of fused-ring (bicyclic) bond motifs is 1. The third kappa shape index (κ3) is 9.76. The number of aryl methyl sites for hydroxylation is 2. The Kier molecular flexibility index (Phi) is 11.8. The van der Waals surface area contributed by atoms with Gasteiger partial charge in [0.2, 0.25) is 5.95 Å². The molecule has 0 bridgehead atoms. The summed E-state index contributed by atoms with van der Waals surface area (Å²) in [4.78, 5) is 36.4. The summed E-state index contributed by atoms with van der Waals surface area (Å²) in [6.07, 6.45) is 3.01. The minimum atomic E-state index is -0.822. The quantitative estimate of drug-likeness (QED) is 0.322. The smallest absolute Gasteiger partial charge is 0.307 e. The highest BCUT2D eigenvalue weighted by Crippen LogP contribution is 2.42. The molecule has 0 spiro atoms. The average molecular weight is 730 g/mol. The van der Waals surface area contributed by atoms with E-state index in [2.05, 4.69) is 64.6 Å². The van der Waals surface area contributed by atoms with Crippen LogP contribution in [0, 0.1) is 19.3 Å². The third-order valence-corrected chi connectivity index (χ3v) is 10.6. The molecular weight excluding hydrogens is 670 g/mol. The predicted molar refractivity (Wildman–Crippen MR) is 211 cm³/mol. The van der Waals surface area contributed by atoms with Gasteiger partial charge in [-0.05, 0) is 76.0 Å². The molecule has 6 heterocycles. The number of nitrogens with zero attached hydrogens (tertiary/aromatic N) is 7. The summed E-state index contributed by atoms with van der Waals surface area (Å²) >= 11 is 0. The van der Waals surface area contributed by atoms with Gasteiger partial charge in [0.1, 0.15) is 11.6 Å². The Balaban J connectivity index is 0.000000902. The number of ether oxygens (including phenoxy) is 2. The monoisotopic (exact) mass is 729 g/mol. The van der Waals surface area contributed by atoms with Crippen LogP contribution in [0.1, 0.15) is 75.5 Å². The van der Waals surface area contributed by atoms with Crippen LogP contribution in [0.2, 0.25) is 0 Å². The van der Waals surface area contributed by atoms with Crippen LogP contribution in [0.15, 0.2) is 24.3 Å². The molecule has 2 aromatic heterocycles. The summed E-state index contributed by atoms with van der Waals surface area (Å²) in [5.74, 6) is 1.86. The fraction of sp³-hybridized carbons (Fsp3) is 0.610. The molecule has 288 valence electrons. The summed E-state index contributed by atoms with van der Waals surface area (Å²) in [5.41, 5.74) is 8.24. The molecule has 7 rings (SSSR count). The molecule has 0 radical (unpaired) electrons. The predicted octanol–water partition coefficient (Wildman–Crippen LogP) is 5.42. The average Bonchev–Trinajstić information content (AvgIpc) is 3.12. The molecule has 0 unspecified atom stereocenters. The molecule has 53 heavy (non-hydrogen) atoms. The molecule has 0 saturated carbocycles.